The van der Waals surface area contributed by atoms with E-state index in [4.69, 9.17) is 5.73 Å². The molecule has 2 amide bonds. The summed E-state index contributed by atoms with van der Waals surface area (Å²) in [6, 6.07) is -0.515. The number of aliphatic hydroxyl groups is 1. The SMILES string of the molecule is C[C@@H](O)[C@H]1C(=O)N2C(C(=O)O)=C(C[C@@H]3CNC(COC(N)=O)=N3)C[C@H]12. The molecule has 0 spiro atoms. The van der Waals surface area contributed by atoms with E-state index in [1.54, 1.807) is 0 Å². The lowest BCUT2D eigenvalue weighted by Gasteiger charge is -2.44. The van der Waals surface area contributed by atoms with Gasteiger partial charge in [0.05, 0.1) is 24.1 Å². The quantitative estimate of drug-likeness (QED) is 0.437. The molecule has 10 heteroatoms. The largest absolute Gasteiger partial charge is 0.477 e. The zero-order valence-electron chi connectivity index (χ0n) is 13.6. The van der Waals surface area contributed by atoms with E-state index in [0.29, 0.717) is 30.8 Å². The molecule has 3 rings (SSSR count). The zero-order chi connectivity index (χ0) is 18.3. The van der Waals surface area contributed by atoms with Gasteiger partial charge in [0.1, 0.15) is 11.5 Å². The van der Waals surface area contributed by atoms with Gasteiger partial charge in [0.2, 0.25) is 5.91 Å². The Kier molecular flexibility index (Phi) is 4.38. The average Bonchev–Trinajstić information content (AvgIpc) is 3.08. The number of nitrogens with zero attached hydrogens (tertiary/aromatic N) is 2. The Hall–Kier alpha value is -2.62. The molecule has 0 aromatic heterocycles. The van der Waals surface area contributed by atoms with Crippen LogP contribution in [0.2, 0.25) is 0 Å². The van der Waals surface area contributed by atoms with Crippen LogP contribution in [0, 0.1) is 5.92 Å². The van der Waals surface area contributed by atoms with Crippen molar-refractivity contribution < 1.29 is 29.3 Å². The first-order valence-electron chi connectivity index (χ1n) is 7.98. The third-order valence-corrected chi connectivity index (χ3v) is 4.74. The Bertz CT molecular complexity index is 686. The predicted octanol–water partition coefficient (Wildman–Crippen LogP) is -1.21. The van der Waals surface area contributed by atoms with Crippen molar-refractivity contribution in [3.8, 4) is 0 Å². The number of aliphatic imine (C=N–C) groups is 1. The van der Waals surface area contributed by atoms with Gasteiger partial charge >= 0.3 is 12.1 Å². The van der Waals surface area contributed by atoms with E-state index in [1.165, 1.54) is 11.8 Å². The monoisotopic (exact) mass is 352 g/mol. The van der Waals surface area contributed by atoms with Crippen LogP contribution < -0.4 is 11.1 Å². The lowest BCUT2D eigenvalue weighted by Crippen LogP contribution is -2.61. The van der Waals surface area contributed by atoms with Crippen molar-refractivity contribution in [1.82, 2.24) is 10.2 Å². The highest BCUT2D eigenvalue weighted by Crippen LogP contribution is 2.45. The van der Waals surface area contributed by atoms with Crippen molar-refractivity contribution in [2.45, 2.75) is 38.0 Å². The number of β-lactam (4-membered cyclic amide) rings is 1. The minimum absolute atomic E-state index is 0.00364. The first-order chi connectivity index (χ1) is 11.8. The molecule has 10 nitrogen and oxygen atoms in total. The first-order valence-corrected chi connectivity index (χ1v) is 7.98. The van der Waals surface area contributed by atoms with Gasteiger partial charge in [-0.3, -0.25) is 9.79 Å². The summed E-state index contributed by atoms with van der Waals surface area (Å²) in [6.07, 6.45) is -0.914. The summed E-state index contributed by atoms with van der Waals surface area (Å²) in [4.78, 5) is 40.0. The number of fused-ring (bicyclic) bond motifs is 1. The molecular formula is C15H20N4O6. The third-order valence-electron chi connectivity index (χ3n) is 4.74. The van der Waals surface area contributed by atoms with E-state index in [-0.39, 0.29) is 30.3 Å². The molecule has 0 bridgehead atoms. The Balaban J connectivity index is 1.71. The van der Waals surface area contributed by atoms with Crippen LogP contribution in [0.1, 0.15) is 19.8 Å². The number of hydrogen-bond donors (Lipinski definition) is 4. The molecule has 1 saturated heterocycles. The average molecular weight is 352 g/mol. The highest BCUT2D eigenvalue weighted by atomic mass is 16.5. The number of primary amides is 1. The van der Waals surface area contributed by atoms with E-state index >= 15 is 0 Å². The molecule has 3 heterocycles. The van der Waals surface area contributed by atoms with Crippen LogP contribution in [0.5, 0.6) is 0 Å². The molecular weight excluding hydrogens is 332 g/mol. The fourth-order valence-electron chi connectivity index (χ4n) is 3.72. The van der Waals surface area contributed by atoms with E-state index in [9.17, 15) is 24.6 Å². The maximum atomic E-state index is 12.2. The maximum Gasteiger partial charge on any atom is 0.404 e. The van der Waals surface area contributed by atoms with Gasteiger partial charge in [-0.15, -0.1) is 0 Å². The number of carboxylic acid groups (broad SMARTS) is 1. The van der Waals surface area contributed by atoms with Gasteiger partial charge in [-0.1, -0.05) is 0 Å². The van der Waals surface area contributed by atoms with E-state index in [0.717, 1.165) is 0 Å². The number of rotatable bonds is 6. The van der Waals surface area contributed by atoms with Crippen molar-refractivity contribution >= 4 is 23.8 Å². The number of carboxylic acids is 1. The van der Waals surface area contributed by atoms with E-state index < -0.39 is 24.1 Å². The standard InChI is InChI=1S/C15H20N4O6/c1-6(20)11-9-3-7(12(14(22)23)19(9)13(11)21)2-8-4-17-10(18-8)5-25-15(16)24/h6,8-9,11,20H,2-5H2,1H3,(H2,16,24)(H,17,18)(H,22,23)/t6-,8-,9-,11-/m1/s1. The zero-order valence-corrected chi connectivity index (χ0v) is 13.6. The number of nitrogens with one attached hydrogen (secondary N) is 1. The molecule has 3 aliphatic heterocycles. The predicted molar refractivity (Wildman–Crippen MR) is 84.5 cm³/mol. The molecule has 5 N–H and O–H groups in total. The van der Waals surface area contributed by atoms with Gasteiger partial charge in [0.25, 0.3) is 0 Å². The van der Waals surface area contributed by atoms with Gasteiger partial charge in [0.15, 0.2) is 6.61 Å². The summed E-state index contributed by atoms with van der Waals surface area (Å²) in [7, 11) is 0. The number of amides is 2. The number of ether oxygens (including phenoxy) is 1. The second kappa shape index (κ2) is 6.36. The van der Waals surface area contributed by atoms with Crippen molar-refractivity contribution in [1.29, 1.82) is 0 Å². The minimum atomic E-state index is -1.15. The van der Waals surface area contributed by atoms with Crippen LogP contribution in [-0.4, -0.2) is 70.3 Å². The van der Waals surface area contributed by atoms with Crippen molar-refractivity contribution in [2.75, 3.05) is 13.2 Å². The van der Waals surface area contributed by atoms with Crippen LogP contribution in [0.25, 0.3) is 0 Å². The second-order valence-corrected chi connectivity index (χ2v) is 6.43. The smallest absolute Gasteiger partial charge is 0.404 e. The van der Waals surface area contributed by atoms with Gasteiger partial charge in [-0.05, 0) is 25.3 Å². The van der Waals surface area contributed by atoms with Gasteiger partial charge in [-0.2, -0.15) is 0 Å². The molecule has 0 aliphatic carbocycles. The lowest BCUT2D eigenvalue weighted by atomic mass is 9.82. The molecule has 0 aromatic rings. The Labute approximate surface area is 143 Å². The van der Waals surface area contributed by atoms with Crippen molar-refractivity contribution in [3.05, 3.63) is 11.3 Å². The van der Waals surface area contributed by atoms with Crippen LogP contribution in [0.3, 0.4) is 0 Å². The number of carbonyl (C=O) groups excluding carboxylic acids is 2. The summed E-state index contributed by atoms with van der Waals surface area (Å²) < 4.78 is 4.66. The number of carbonyl (C=O) groups is 3. The molecule has 136 valence electrons. The lowest BCUT2D eigenvalue weighted by molar-refractivity contribution is -0.161. The van der Waals surface area contributed by atoms with E-state index in [2.05, 4.69) is 15.0 Å². The number of hydrogen-bond acceptors (Lipinski definition) is 7. The minimum Gasteiger partial charge on any atom is -0.477 e. The number of amidine groups is 1. The third kappa shape index (κ3) is 3.04. The van der Waals surface area contributed by atoms with Crippen LogP contribution >= 0.6 is 0 Å². The number of aliphatic hydroxyl groups excluding tert-OH is 1. The molecule has 0 saturated carbocycles. The van der Waals surface area contributed by atoms with Crippen molar-refractivity contribution in [2.24, 2.45) is 16.6 Å². The normalized spacial score (nSPS) is 28.9. The van der Waals surface area contributed by atoms with Crippen LogP contribution in [0.15, 0.2) is 16.3 Å². The molecule has 25 heavy (non-hydrogen) atoms. The summed E-state index contributed by atoms with van der Waals surface area (Å²) in [5.74, 6) is -1.59. The fraction of sp³-hybridized carbons (Fsp3) is 0.600. The number of aliphatic carboxylic acids is 1. The van der Waals surface area contributed by atoms with Crippen LogP contribution in [0.4, 0.5) is 4.79 Å². The summed E-state index contributed by atoms with van der Waals surface area (Å²) >= 11 is 0. The molecule has 1 fully saturated rings. The highest BCUT2D eigenvalue weighted by Gasteiger charge is 2.56. The Morgan fingerprint density at radius 3 is 2.84 bits per heavy atom. The maximum absolute atomic E-state index is 12.2. The molecule has 0 unspecified atom stereocenters. The van der Waals surface area contributed by atoms with Crippen LogP contribution in [-0.2, 0) is 14.3 Å². The van der Waals surface area contributed by atoms with E-state index in [1.807, 2.05) is 0 Å². The topological polar surface area (TPSA) is 155 Å². The summed E-state index contributed by atoms with van der Waals surface area (Å²) in [5.41, 5.74) is 5.55. The molecule has 0 aromatic carbocycles. The number of nitrogens with two attached hydrogens (primary N) is 1. The van der Waals surface area contributed by atoms with Crippen molar-refractivity contribution in [3.63, 3.8) is 0 Å². The fourth-order valence-corrected chi connectivity index (χ4v) is 3.72. The van der Waals surface area contributed by atoms with Gasteiger partial charge in [0, 0.05) is 6.54 Å². The highest BCUT2D eigenvalue weighted by molar-refractivity contribution is 5.99. The summed E-state index contributed by atoms with van der Waals surface area (Å²) in [5, 5.41) is 22.2. The molecule has 4 atom stereocenters. The molecule has 3 aliphatic rings. The van der Waals surface area contributed by atoms with Gasteiger partial charge < -0.3 is 30.9 Å². The Morgan fingerprint density at radius 1 is 1.52 bits per heavy atom. The van der Waals surface area contributed by atoms with Gasteiger partial charge in [-0.25, -0.2) is 9.59 Å². The second-order valence-electron chi connectivity index (χ2n) is 6.43. The first kappa shape index (κ1) is 17.2. The molecule has 0 radical (unpaired) electrons. The summed E-state index contributed by atoms with van der Waals surface area (Å²) in [6.45, 7) is 1.95. The Morgan fingerprint density at radius 2 is 2.24 bits per heavy atom.